The monoisotopic (exact) mass is 263 g/mol. The third-order valence-electron chi connectivity index (χ3n) is 3.66. The van der Waals surface area contributed by atoms with E-state index in [4.69, 9.17) is 5.73 Å². The lowest BCUT2D eigenvalue weighted by Crippen LogP contribution is -2.49. The molecule has 3 N–H and O–H groups in total. The number of carboxylic acid groups (broad SMARTS) is 1. The second-order valence-electron chi connectivity index (χ2n) is 5.17. The Hall–Kier alpha value is -1.75. The summed E-state index contributed by atoms with van der Waals surface area (Å²) in [5.41, 5.74) is 7.46. The van der Waals surface area contributed by atoms with Crippen LogP contribution in [0.2, 0.25) is 0 Å². The normalized spacial score (nSPS) is 16.9. The molecule has 1 aliphatic rings. The van der Waals surface area contributed by atoms with Crippen molar-refractivity contribution in [3.63, 3.8) is 0 Å². The molecule has 1 saturated heterocycles. The molecule has 0 aromatic heterocycles. The molecule has 0 spiro atoms. The van der Waals surface area contributed by atoms with E-state index >= 15 is 0 Å². The summed E-state index contributed by atoms with van der Waals surface area (Å²) in [6.45, 7) is 7.85. The largest absolute Gasteiger partial charge is 0.478 e. The second kappa shape index (κ2) is 5.48. The SMILES string of the molecule is CC(C)N1CCN(c2c(N)cccc2C(=O)O)CC1. The average molecular weight is 263 g/mol. The maximum Gasteiger partial charge on any atom is 0.337 e. The molecule has 0 aliphatic carbocycles. The van der Waals surface area contributed by atoms with Gasteiger partial charge in [0.2, 0.25) is 0 Å². The summed E-state index contributed by atoms with van der Waals surface area (Å²) in [6, 6.07) is 5.58. The number of hydrogen-bond acceptors (Lipinski definition) is 4. The first-order valence-corrected chi connectivity index (χ1v) is 6.61. The first kappa shape index (κ1) is 13.7. The highest BCUT2D eigenvalue weighted by Crippen LogP contribution is 2.29. The van der Waals surface area contributed by atoms with Crippen LogP contribution in [-0.2, 0) is 0 Å². The Morgan fingerprint density at radius 3 is 2.42 bits per heavy atom. The van der Waals surface area contributed by atoms with Gasteiger partial charge in [0, 0.05) is 32.2 Å². The van der Waals surface area contributed by atoms with Gasteiger partial charge in [-0.25, -0.2) is 4.79 Å². The fourth-order valence-electron chi connectivity index (χ4n) is 2.55. The minimum Gasteiger partial charge on any atom is -0.478 e. The van der Waals surface area contributed by atoms with Crippen LogP contribution in [0.5, 0.6) is 0 Å². The van der Waals surface area contributed by atoms with Crippen LogP contribution in [0.15, 0.2) is 18.2 Å². The molecular formula is C14H21N3O2. The van der Waals surface area contributed by atoms with Crippen LogP contribution in [0.3, 0.4) is 0 Å². The van der Waals surface area contributed by atoms with E-state index < -0.39 is 5.97 Å². The average Bonchev–Trinajstić information content (AvgIpc) is 2.38. The van der Waals surface area contributed by atoms with E-state index in [0.29, 0.717) is 17.4 Å². The van der Waals surface area contributed by atoms with Gasteiger partial charge in [0.25, 0.3) is 0 Å². The summed E-state index contributed by atoms with van der Waals surface area (Å²) < 4.78 is 0. The molecule has 19 heavy (non-hydrogen) atoms. The first-order chi connectivity index (χ1) is 9.00. The van der Waals surface area contributed by atoms with Crippen LogP contribution in [0.4, 0.5) is 11.4 Å². The third-order valence-corrected chi connectivity index (χ3v) is 3.66. The highest BCUT2D eigenvalue weighted by molar-refractivity contribution is 5.98. The summed E-state index contributed by atoms with van der Waals surface area (Å²) in [5, 5.41) is 9.27. The number of para-hydroxylation sites is 1. The van der Waals surface area contributed by atoms with Crippen molar-refractivity contribution in [2.45, 2.75) is 19.9 Å². The maximum absolute atomic E-state index is 11.3. The number of aromatic carboxylic acids is 1. The van der Waals surface area contributed by atoms with E-state index in [1.165, 1.54) is 0 Å². The molecule has 5 nitrogen and oxygen atoms in total. The van der Waals surface area contributed by atoms with Gasteiger partial charge in [-0.2, -0.15) is 0 Å². The third kappa shape index (κ3) is 2.81. The van der Waals surface area contributed by atoms with Gasteiger partial charge in [-0.1, -0.05) is 6.07 Å². The molecule has 1 aromatic rings. The molecular weight excluding hydrogens is 242 g/mol. The number of nitrogens with two attached hydrogens (primary N) is 1. The van der Waals surface area contributed by atoms with E-state index in [-0.39, 0.29) is 5.56 Å². The Labute approximate surface area is 113 Å². The highest BCUT2D eigenvalue weighted by atomic mass is 16.4. The molecule has 5 heteroatoms. The number of nitrogen functional groups attached to an aromatic ring is 1. The smallest absolute Gasteiger partial charge is 0.337 e. The number of carboxylic acids is 1. The summed E-state index contributed by atoms with van der Waals surface area (Å²) in [4.78, 5) is 15.8. The van der Waals surface area contributed by atoms with Crippen molar-refractivity contribution >= 4 is 17.3 Å². The Bertz CT molecular complexity index is 466. The van der Waals surface area contributed by atoms with Gasteiger partial charge in [0.1, 0.15) is 0 Å². The van der Waals surface area contributed by atoms with Crippen LogP contribution >= 0.6 is 0 Å². The van der Waals surface area contributed by atoms with E-state index in [1.807, 2.05) is 0 Å². The molecule has 2 rings (SSSR count). The van der Waals surface area contributed by atoms with E-state index in [0.717, 1.165) is 26.2 Å². The lowest BCUT2D eigenvalue weighted by atomic mass is 10.1. The summed E-state index contributed by atoms with van der Waals surface area (Å²) in [6.07, 6.45) is 0. The van der Waals surface area contributed by atoms with Crippen molar-refractivity contribution in [3.8, 4) is 0 Å². The maximum atomic E-state index is 11.3. The number of benzene rings is 1. The first-order valence-electron chi connectivity index (χ1n) is 6.61. The van der Waals surface area contributed by atoms with Gasteiger partial charge in [-0.05, 0) is 26.0 Å². The van der Waals surface area contributed by atoms with Gasteiger partial charge in [0.15, 0.2) is 0 Å². The standard InChI is InChI=1S/C14H21N3O2/c1-10(2)16-6-8-17(9-7-16)13-11(14(18)19)4-3-5-12(13)15/h3-5,10H,6-9,15H2,1-2H3,(H,18,19). The Balaban J connectivity index is 2.22. The topological polar surface area (TPSA) is 69.8 Å². The number of rotatable bonds is 3. The molecule has 1 fully saturated rings. The molecule has 0 amide bonds. The van der Waals surface area contributed by atoms with Crippen molar-refractivity contribution in [1.29, 1.82) is 0 Å². The van der Waals surface area contributed by atoms with Crippen LogP contribution in [0.1, 0.15) is 24.2 Å². The number of carbonyl (C=O) groups is 1. The minimum absolute atomic E-state index is 0.290. The Kier molecular flexibility index (Phi) is 3.95. The molecule has 1 aromatic carbocycles. The fraction of sp³-hybridized carbons (Fsp3) is 0.500. The van der Waals surface area contributed by atoms with Crippen LogP contribution in [0, 0.1) is 0 Å². The van der Waals surface area contributed by atoms with Gasteiger partial charge in [-0.15, -0.1) is 0 Å². The Morgan fingerprint density at radius 1 is 1.26 bits per heavy atom. The van der Waals surface area contributed by atoms with Gasteiger partial charge >= 0.3 is 5.97 Å². The quantitative estimate of drug-likeness (QED) is 0.809. The van der Waals surface area contributed by atoms with Crippen molar-refractivity contribution in [3.05, 3.63) is 23.8 Å². The Morgan fingerprint density at radius 2 is 1.89 bits per heavy atom. The zero-order chi connectivity index (χ0) is 14.0. The number of nitrogens with zero attached hydrogens (tertiary/aromatic N) is 2. The van der Waals surface area contributed by atoms with Gasteiger partial charge in [-0.3, -0.25) is 4.90 Å². The van der Waals surface area contributed by atoms with Crippen LogP contribution < -0.4 is 10.6 Å². The molecule has 1 heterocycles. The minimum atomic E-state index is -0.923. The number of anilines is 2. The summed E-state index contributed by atoms with van der Waals surface area (Å²) in [5.74, 6) is -0.923. The van der Waals surface area contributed by atoms with E-state index in [9.17, 15) is 9.90 Å². The van der Waals surface area contributed by atoms with Crippen LogP contribution in [0.25, 0.3) is 0 Å². The van der Waals surface area contributed by atoms with Crippen molar-refractivity contribution in [1.82, 2.24) is 4.90 Å². The molecule has 1 aliphatic heterocycles. The predicted octanol–water partition coefficient (Wildman–Crippen LogP) is 1.50. The second-order valence-corrected chi connectivity index (χ2v) is 5.17. The molecule has 0 unspecified atom stereocenters. The number of hydrogen-bond donors (Lipinski definition) is 2. The lowest BCUT2D eigenvalue weighted by molar-refractivity contribution is 0.0697. The van der Waals surface area contributed by atoms with Gasteiger partial charge < -0.3 is 15.7 Å². The molecule has 0 saturated carbocycles. The predicted molar refractivity (Wildman–Crippen MR) is 76.7 cm³/mol. The van der Waals surface area contributed by atoms with Gasteiger partial charge in [0.05, 0.1) is 16.9 Å². The highest BCUT2D eigenvalue weighted by Gasteiger charge is 2.24. The zero-order valence-electron chi connectivity index (χ0n) is 11.5. The summed E-state index contributed by atoms with van der Waals surface area (Å²) >= 11 is 0. The summed E-state index contributed by atoms with van der Waals surface area (Å²) in [7, 11) is 0. The molecule has 104 valence electrons. The van der Waals surface area contributed by atoms with Crippen molar-refractivity contribution < 1.29 is 9.90 Å². The molecule has 0 radical (unpaired) electrons. The zero-order valence-corrected chi connectivity index (χ0v) is 11.5. The van der Waals surface area contributed by atoms with E-state index in [1.54, 1.807) is 18.2 Å². The van der Waals surface area contributed by atoms with Crippen LogP contribution in [-0.4, -0.2) is 48.2 Å². The van der Waals surface area contributed by atoms with Crippen molar-refractivity contribution in [2.24, 2.45) is 0 Å². The fourth-order valence-corrected chi connectivity index (χ4v) is 2.55. The lowest BCUT2D eigenvalue weighted by Gasteiger charge is -2.39. The van der Waals surface area contributed by atoms with Crippen molar-refractivity contribution in [2.75, 3.05) is 36.8 Å². The molecule has 0 atom stereocenters. The molecule has 0 bridgehead atoms. The van der Waals surface area contributed by atoms with E-state index in [2.05, 4.69) is 23.6 Å². The number of piperazine rings is 1.